The van der Waals surface area contributed by atoms with Crippen LogP contribution in [0, 0.1) is 5.92 Å². The van der Waals surface area contributed by atoms with Crippen LogP contribution in [0.5, 0.6) is 0 Å². The number of hydrogen-bond acceptors (Lipinski definition) is 4. The van der Waals surface area contributed by atoms with Gasteiger partial charge in [0.2, 0.25) is 5.91 Å². The van der Waals surface area contributed by atoms with E-state index in [0.29, 0.717) is 18.0 Å². The number of fused-ring (bicyclic) bond motifs is 1. The smallest absolute Gasteiger partial charge is 0.475 e. The number of carbonyl (C=O) groups is 2. The Balaban J connectivity index is 0.000000260. The van der Waals surface area contributed by atoms with Gasteiger partial charge >= 0.3 is 12.1 Å². The molecule has 1 saturated carbocycles. The zero-order valence-electron chi connectivity index (χ0n) is 14.8. The molecule has 150 valence electrons. The van der Waals surface area contributed by atoms with Gasteiger partial charge in [0.25, 0.3) is 0 Å². The lowest BCUT2D eigenvalue weighted by Crippen LogP contribution is -2.52. The van der Waals surface area contributed by atoms with E-state index < -0.39 is 12.1 Å². The van der Waals surface area contributed by atoms with Crippen molar-refractivity contribution in [3.05, 3.63) is 22.4 Å². The summed E-state index contributed by atoms with van der Waals surface area (Å²) < 4.78 is 31.7. The summed E-state index contributed by atoms with van der Waals surface area (Å²) in [4.78, 5) is 26.0. The summed E-state index contributed by atoms with van der Waals surface area (Å²) in [6.45, 7) is 3.25. The van der Waals surface area contributed by atoms with Crippen LogP contribution in [0.2, 0.25) is 0 Å². The second-order valence-corrected chi connectivity index (χ2v) is 8.14. The second-order valence-electron chi connectivity index (χ2n) is 7.36. The molecule has 0 radical (unpaired) electrons. The minimum Gasteiger partial charge on any atom is -0.475 e. The Labute approximate surface area is 159 Å². The van der Waals surface area contributed by atoms with E-state index in [1.165, 1.54) is 24.8 Å². The quantitative estimate of drug-likeness (QED) is 0.836. The van der Waals surface area contributed by atoms with E-state index in [1.54, 1.807) is 11.3 Å². The Kier molecular flexibility index (Phi) is 6.10. The van der Waals surface area contributed by atoms with Crippen LogP contribution in [0.15, 0.2) is 16.8 Å². The fraction of sp³-hybridized carbons (Fsp3) is 0.667. The topological polar surface area (TPSA) is 60.9 Å². The lowest BCUT2D eigenvalue weighted by Gasteiger charge is -2.40. The molecule has 0 spiro atoms. The van der Waals surface area contributed by atoms with Crippen LogP contribution < -0.4 is 0 Å². The second kappa shape index (κ2) is 8.18. The molecule has 1 aliphatic carbocycles. The zero-order valence-corrected chi connectivity index (χ0v) is 15.6. The molecule has 1 N–H and O–H groups in total. The van der Waals surface area contributed by atoms with Gasteiger partial charge in [-0.1, -0.05) is 0 Å². The van der Waals surface area contributed by atoms with Crippen molar-refractivity contribution in [3.8, 4) is 0 Å². The van der Waals surface area contributed by atoms with Crippen molar-refractivity contribution >= 4 is 23.2 Å². The molecule has 2 aliphatic heterocycles. The SMILES string of the molecule is O=C(O)C(F)(F)F.O=C1CC[C@H]2[C@H](CCN2Cc2ccsc2)N1CC1CC1. The predicted octanol–water partition coefficient (Wildman–Crippen LogP) is 3.36. The van der Waals surface area contributed by atoms with Gasteiger partial charge in [0.1, 0.15) is 0 Å². The molecule has 3 heterocycles. The number of carboxylic acid groups (broad SMARTS) is 1. The minimum absolute atomic E-state index is 0.413. The Bertz CT molecular complexity index is 661. The van der Waals surface area contributed by atoms with Crippen molar-refractivity contribution in [3.63, 3.8) is 0 Å². The zero-order chi connectivity index (χ0) is 19.6. The summed E-state index contributed by atoms with van der Waals surface area (Å²) in [5.74, 6) is -1.54. The largest absolute Gasteiger partial charge is 0.490 e. The monoisotopic (exact) mass is 404 g/mol. The number of nitrogens with zero attached hydrogens (tertiary/aromatic N) is 2. The first-order chi connectivity index (χ1) is 12.8. The number of amides is 1. The molecular formula is C18H23F3N2O3S. The van der Waals surface area contributed by atoms with Crippen LogP contribution in [-0.4, -0.2) is 58.1 Å². The number of carbonyl (C=O) groups excluding carboxylic acids is 1. The van der Waals surface area contributed by atoms with E-state index in [0.717, 1.165) is 38.4 Å². The van der Waals surface area contributed by atoms with Crippen molar-refractivity contribution in [1.29, 1.82) is 0 Å². The van der Waals surface area contributed by atoms with Crippen LogP contribution in [0.3, 0.4) is 0 Å². The highest BCUT2D eigenvalue weighted by Crippen LogP contribution is 2.37. The third kappa shape index (κ3) is 5.22. The van der Waals surface area contributed by atoms with Crippen molar-refractivity contribution in [2.75, 3.05) is 13.1 Å². The van der Waals surface area contributed by atoms with Crippen LogP contribution in [0.25, 0.3) is 0 Å². The summed E-state index contributed by atoms with van der Waals surface area (Å²) in [5, 5.41) is 11.5. The van der Waals surface area contributed by atoms with Gasteiger partial charge < -0.3 is 10.0 Å². The maximum Gasteiger partial charge on any atom is 0.490 e. The highest BCUT2D eigenvalue weighted by molar-refractivity contribution is 7.07. The maximum atomic E-state index is 12.2. The summed E-state index contributed by atoms with van der Waals surface area (Å²) in [7, 11) is 0. The molecule has 2 atom stereocenters. The standard InChI is InChI=1S/C16H22N2OS.C2HF3O2/c19-16-4-3-14-15(18(16)10-12-1-2-12)5-7-17(14)9-13-6-8-20-11-13;3-2(4,5)1(6)7/h6,8,11-12,14-15H,1-5,7,9-10H2;(H,6,7)/t14-,15-;/m0./s1. The third-order valence-electron chi connectivity index (χ3n) is 5.36. The number of rotatable bonds is 4. The van der Waals surface area contributed by atoms with E-state index in [-0.39, 0.29) is 0 Å². The lowest BCUT2D eigenvalue weighted by molar-refractivity contribution is -0.192. The number of piperidine rings is 1. The molecule has 0 aromatic carbocycles. The fourth-order valence-corrected chi connectivity index (χ4v) is 4.53. The molecule has 0 unspecified atom stereocenters. The first-order valence-electron chi connectivity index (χ1n) is 9.10. The highest BCUT2D eigenvalue weighted by Gasteiger charge is 2.44. The van der Waals surface area contributed by atoms with Crippen LogP contribution in [0.4, 0.5) is 13.2 Å². The molecule has 0 bridgehead atoms. The van der Waals surface area contributed by atoms with Gasteiger partial charge in [-0.25, -0.2) is 4.79 Å². The van der Waals surface area contributed by atoms with Crippen molar-refractivity contribution in [2.24, 2.45) is 5.92 Å². The average Bonchev–Trinajstić information content (AvgIpc) is 3.10. The molecule has 3 fully saturated rings. The highest BCUT2D eigenvalue weighted by atomic mass is 32.1. The van der Waals surface area contributed by atoms with Gasteiger partial charge in [-0.15, -0.1) is 0 Å². The molecular weight excluding hydrogens is 381 g/mol. The van der Waals surface area contributed by atoms with E-state index in [1.807, 2.05) is 0 Å². The van der Waals surface area contributed by atoms with Crippen LogP contribution in [-0.2, 0) is 16.1 Å². The molecule has 5 nitrogen and oxygen atoms in total. The van der Waals surface area contributed by atoms with Crippen molar-refractivity contribution < 1.29 is 27.9 Å². The molecule has 3 aliphatic rings. The predicted molar refractivity (Wildman–Crippen MR) is 94.3 cm³/mol. The molecule has 2 saturated heterocycles. The maximum absolute atomic E-state index is 12.2. The molecule has 9 heteroatoms. The van der Waals surface area contributed by atoms with Gasteiger partial charge in [-0.3, -0.25) is 9.69 Å². The number of alkyl halides is 3. The summed E-state index contributed by atoms with van der Waals surface area (Å²) in [6.07, 6.45) is 0.579. The number of halogens is 3. The Hall–Kier alpha value is -1.61. The van der Waals surface area contributed by atoms with Gasteiger partial charge in [0.05, 0.1) is 0 Å². The molecule has 1 aromatic heterocycles. The average molecular weight is 404 g/mol. The number of carboxylic acids is 1. The fourth-order valence-electron chi connectivity index (χ4n) is 3.87. The molecule has 27 heavy (non-hydrogen) atoms. The molecule has 1 amide bonds. The van der Waals surface area contributed by atoms with Crippen LogP contribution in [0.1, 0.15) is 37.7 Å². The summed E-state index contributed by atoms with van der Waals surface area (Å²) >= 11 is 1.78. The summed E-state index contributed by atoms with van der Waals surface area (Å²) in [5.41, 5.74) is 1.43. The van der Waals surface area contributed by atoms with Crippen LogP contribution >= 0.6 is 11.3 Å². The van der Waals surface area contributed by atoms with Crippen molar-refractivity contribution in [2.45, 2.75) is 56.9 Å². The Morgan fingerprint density at radius 3 is 2.48 bits per heavy atom. The lowest BCUT2D eigenvalue weighted by atomic mass is 9.95. The van der Waals surface area contributed by atoms with Gasteiger partial charge in [-0.05, 0) is 54.0 Å². The van der Waals surface area contributed by atoms with E-state index in [4.69, 9.17) is 9.90 Å². The van der Waals surface area contributed by atoms with Crippen molar-refractivity contribution in [1.82, 2.24) is 9.80 Å². The summed E-state index contributed by atoms with van der Waals surface area (Å²) in [6, 6.07) is 3.33. The first kappa shape index (κ1) is 20.1. The Morgan fingerprint density at radius 1 is 1.22 bits per heavy atom. The Morgan fingerprint density at radius 2 is 1.93 bits per heavy atom. The normalized spacial score (nSPS) is 25.7. The minimum atomic E-state index is -5.08. The van der Waals surface area contributed by atoms with Gasteiger partial charge in [0, 0.05) is 38.1 Å². The van der Waals surface area contributed by atoms with E-state index in [2.05, 4.69) is 26.6 Å². The third-order valence-corrected chi connectivity index (χ3v) is 6.09. The molecule has 4 rings (SSSR count). The van der Waals surface area contributed by atoms with Gasteiger partial charge in [0.15, 0.2) is 0 Å². The number of aliphatic carboxylic acids is 1. The van der Waals surface area contributed by atoms with E-state index in [9.17, 15) is 18.0 Å². The number of thiophene rings is 1. The van der Waals surface area contributed by atoms with E-state index >= 15 is 0 Å². The first-order valence-corrected chi connectivity index (χ1v) is 10.0. The number of hydrogen-bond donors (Lipinski definition) is 1. The molecule has 1 aromatic rings. The van der Waals surface area contributed by atoms with Gasteiger partial charge in [-0.2, -0.15) is 24.5 Å². The number of likely N-dealkylation sites (tertiary alicyclic amines) is 2.